The minimum atomic E-state index is -3.73. The third kappa shape index (κ3) is 5.49. The van der Waals surface area contributed by atoms with Crippen LogP contribution in [0.1, 0.15) is 15.9 Å². The van der Waals surface area contributed by atoms with Crippen molar-refractivity contribution in [3.05, 3.63) is 47.7 Å². The normalized spacial score (nSPS) is 17.4. The standard InChI is InChI=1S/C23H31N5O5S/c1-26(2)22-6-3-18(16-24-22)17-25-23(29)20-15-19(34(30,31)28-9-13-33-14-10-28)4-5-21(20)27-7-11-32-12-8-27/h3-6,15-16H,7-14,17H2,1-2H3,(H,25,29). The van der Waals surface area contributed by atoms with Crippen LogP contribution >= 0.6 is 0 Å². The minimum Gasteiger partial charge on any atom is -0.379 e. The van der Waals surface area contributed by atoms with Crippen LogP contribution < -0.4 is 15.1 Å². The molecule has 0 unspecified atom stereocenters. The third-order valence-corrected chi connectivity index (χ3v) is 7.79. The van der Waals surface area contributed by atoms with Crippen LogP contribution in [0.4, 0.5) is 11.5 Å². The molecule has 4 rings (SSSR count). The highest BCUT2D eigenvalue weighted by Gasteiger charge is 2.29. The Morgan fingerprint density at radius 2 is 1.71 bits per heavy atom. The van der Waals surface area contributed by atoms with E-state index in [2.05, 4.69) is 15.2 Å². The van der Waals surface area contributed by atoms with Gasteiger partial charge in [0.05, 0.1) is 36.9 Å². The highest BCUT2D eigenvalue weighted by molar-refractivity contribution is 7.89. The molecule has 0 saturated carbocycles. The molecule has 3 heterocycles. The Morgan fingerprint density at radius 1 is 1.03 bits per heavy atom. The molecule has 0 radical (unpaired) electrons. The number of sulfonamides is 1. The fraction of sp³-hybridized carbons (Fsp3) is 0.478. The number of nitrogens with zero attached hydrogens (tertiary/aromatic N) is 4. The number of hydrogen-bond donors (Lipinski definition) is 1. The van der Waals surface area contributed by atoms with Gasteiger partial charge in [-0.25, -0.2) is 13.4 Å². The van der Waals surface area contributed by atoms with Crippen molar-refractivity contribution in [3.63, 3.8) is 0 Å². The Kier molecular flexibility index (Phi) is 7.67. The van der Waals surface area contributed by atoms with E-state index >= 15 is 0 Å². The van der Waals surface area contributed by atoms with Crippen molar-refractivity contribution < 1.29 is 22.7 Å². The Hall–Kier alpha value is -2.73. The summed E-state index contributed by atoms with van der Waals surface area (Å²) in [6.07, 6.45) is 1.72. The molecule has 2 saturated heterocycles. The first-order valence-electron chi connectivity index (χ1n) is 11.3. The van der Waals surface area contributed by atoms with E-state index in [0.717, 1.165) is 11.4 Å². The van der Waals surface area contributed by atoms with Gasteiger partial charge < -0.3 is 24.6 Å². The second kappa shape index (κ2) is 10.7. The SMILES string of the molecule is CN(C)c1ccc(CNC(=O)c2cc(S(=O)(=O)N3CCOCC3)ccc2N2CCOCC2)cn1. The Morgan fingerprint density at radius 3 is 2.32 bits per heavy atom. The predicted molar refractivity (Wildman–Crippen MR) is 129 cm³/mol. The summed E-state index contributed by atoms with van der Waals surface area (Å²) in [5, 5.41) is 2.92. The first kappa shape index (κ1) is 24.4. The smallest absolute Gasteiger partial charge is 0.253 e. The van der Waals surface area contributed by atoms with Crippen molar-refractivity contribution in [2.75, 3.05) is 76.5 Å². The zero-order chi connectivity index (χ0) is 24.1. The molecule has 11 heteroatoms. The van der Waals surface area contributed by atoms with Gasteiger partial charge in [-0.2, -0.15) is 4.31 Å². The van der Waals surface area contributed by atoms with Gasteiger partial charge in [0.15, 0.2) is 0 Å². The number of pyridine rings is 1. The van der Waals surface area contributed by atoms with E-state index in [1.54, 1.807) is 18.3 Å². The van der Waals surface area contributed by atoms with Gasteiger partial charge in [0.2, 0.25) is 10.0 Å². The summed E-state index contributed by atoms with van der Waals surface area (Å²) < 4.78 is 38.6. The van der Waals surface area contributed by atoms with Gasteiger partial charge in [-0.1, -0.05) is 6.07 Å². The van der Waals surface area contributed by atoms with Crippen molar-refractivity contribution in [2.45, 2.75) is 11.4 Å². The number of nitrogens with one attached hydrogen (secondary N) is 1. The molecule has 1 aromatic heterocycles. The molecule has 184 valence electrons. The first-order valence-corrected chi connectivity index (χ1v) is 12.8. The molecule has 1 aromatic carbocycles. The Labute approximate surface area is 200 Å². The zero-order valence-electron chi connectivity index (χ0n) is 19.6. The van der Waals surface area contributed by atoms with Gasteiger partial charge in [-0.05, 0) is 29.8 Å². The first-order chi connectivity index (χ1) is 16.4. The predicted octanol–water partition coefficient (Wildman–Crippen LogP) is 0.935. The molecule has 0 bridgehead atoms. The molecule has 34 heavy (non-hydrogen) atoms. The van der Waals surface area contributed by atoms with E-state index < -0.39 is 10.0 Å². The lowest BCUT2D eigenvalue weighted by Crippen LogP contribution is -2.41. The van der Waals surface area contributed by atoms with Crippen molar-refractivity contribution >= 4 is 27.4 Å². The highest BCUT2D eigenvalue weighted by Crippen LogP contribution is 2.27. The van der Waals surface area contributed by atoms with Crippen LogP contribution in [-0.2, 0) is 26.0 Å². The van der Waals surface area contributed by atoms with Crippen LogP contribution in [0.5, 0.6) is 0 Å². The molecule has 1 N–H and O–H groups in total. The lowest BCUT2D eigenvalue weighted by molar-refractivity contribution is 0.0730. The quantitative estimate of drug-likeness (QED) is 0.613. The van der Waals surface area contributed by atoms with Crippen LogP contribution in [0, 0.1) is 0 Å². The number of aromatic nitrogens is 1. The molecule has 2 aliphatic rings. The lowest BCUT2D eigenvalue weighted by atomic mass is 10.1. The van der Waals surface area contributed by atoms with Gasteiger partial charge in [0, 0.05) is 58.7 Å². The topological polar surface area (TPSA) is 104 Å². The largest absolute Gasteiger partial charge is 0.379 e. The molecule has 0 atom stereocenters. The average molecular weight is 490 g/mol. The van der Waals surface area contributed by atoms with Crippen molar-refractivity contribution in [2.24, 2.45) is 0 Å². The number of rotatable bonds is 7. The maximum absolute atomic E-state index is 13.3. The van der Waals surface area contributed by atoms with Crippen molar-refractivity contribution in [1.82, 2.24) is 14.6 Å². The summed E-state index contributed by atoms with van der Waals surface area (Å²) in [7, 11) is 0.0931. The molecule has 10 nitrogen and oxygen atoms in total. The van der Waals surface area contributed by atoms with Gasteiger partial charge in [-0.15, -0.1) is 0 Å². The fourth-order valence-electron chi connectivity index (χ4n) is 3.94. The zero-order valence-corrected chi connectivity index (χ0v) is 20.4. The summed E-state index contributed by atoms with van der Waals surface area (Å²) in [5.41, 5.74) is 1.88. The summed E-state index contributed by atoms with van der Waals surface area (Å²) >= 11 is 0. The third-order valence-electron chi connectivity index (χ3n) is 5.89. The molecule has 2 aliphatic heterocycles. The molecule has 0 aliphatic carbocycles. The minimum absolute atomic E-state index is 0.105. The summed E-state index contributed by atoms with van der Waals surface area (Å²) in [4.78, 5) is 21.7. The van der Waals surface area contributed by atoms with E-state index in [9.17, 15) is 13.2 Å². The summed E-state index contributed by atoms with van der Waals surface area (Å²) in [6.45, 7) is 3.96. The second-order valence-electron chi connectivity index (χ2n) is 8.40. The molecule has 1 amide bonds. The highest BCUT2D eigenvalue weighted by atomic mass is 32.2. The maximum atomic E-state index is 13.3. The van der Waals surface area contributed by atoms with Crippen molar-refractivity contribution in [3.8, 4) is 0 Å². The van der Waals surface area contributed by atoms with Gasteiger partial charge in [0.25, 0.3) is 5.91 Å². The van der Waals surface area contributed by atoms with Crippen LogP contribution in [0.2, 0.25) is 0 Å². The van der Waals surface area contributed by atoms with Crippen LogP contribution in [0.15, 0.2) is 41.4 Å². The number of hydrogen-bond acceptors (Lipinski definition) is 8. The van der Waals surface area contributed by atoms with Crippen molar-refractivity contribution in [1.29, 1.82) is 0 Å². The lowest BCUT2D eigenvalue weighted by Gasteiger charge is -2.31. The van der Waals surface area contributed by atoms with Crippen LogP contribution in [0.25, 0.3) is 0 Å². The van der Waals surface area contributed by atoms with Gasteiger partial charge in [-0.3, -0.25) is 4.79 Å². The van der Waals surface area contributed by atoms with E-state index in [0.29, 0.717) is 63.9 Å². The Balaban J connectivity index is 1.59. The molecular weight excluding hydrogens is 458 g/mol. The van der Waals surface area contributed by atoms with Gasteiger partial charge in [0.1, 0.15) is 5.82 Å². The molecule has 0 spiro atoms. The molecular formula is C23H31N5O5S. The summed E-state index contributed by atoms with van der Waals surface area (Å²) in [5.74, 6) is 0.489. The Bertz CT molecular complexity index is 1100. The number of anilines is 2. The van der Waals surface area contributed by atoms with Gasteiger partial charge >= 0.3 is 0 Å². The van der Waals surface area contributed by atoms with E-state index in [4.69, 9.17) is 9.47 Å². The van der Waals surface area contributed by atoms with Crippen LogP contribution in [-0.4, -0.2) is 90.3 Å². The van der Waals surface area contributed by atoms with E-state index in [-0.39, 0.29) is 17.3 Å². The number of carbonyl (C=O) groups is 1. The second-order valence-corrected chi connectivity index (χ2v) is 10.3. The monoisotopic (exact) mass is 489 g/mol. The number of benzene rings is 1. The van der Waals surface area contributed by atoms with Crippen LogP contribution in [0.3, 0.4) is 0 Å². The fourth-order valence-corrected chi connectivity index (χ4v) is 5.37. The van der Waals surface area contributed by atoms with E-state index in [1.165, 1.54) is 10.4 Å². The van der Waals surface area contributed by atoms with E-state index in [1.807, 2.05) is 31.1 Å². The summed E-state index contributed by atoms with van der Waals surface area (Å²) in [6, 6.07) is 8.58. The number of carbonyl (C=O) groups excluding carboxylic acids is 1. The average Bonchev–Trinajstić information content (AvgIpc) is 2.88. The molecule has 2 fully saturated rings. The number of amides is 1. The maximum Gasteiger partial charge on any atom is 0.253 e. The number of ether oxygens (including phenoxy) is 2. The molecule has 2 aromatic rings. The number of morpholine rings is 2.